The smallest absolute Gasteiger partial charge is 0.336 e. The van der Waals surface area contributed by atoms with Crippen LogP contribution in [0.1, 0.15) is 16.8 Å². The van der Waals surface area contributed by atoms with Crippen molar-refractivity contribution in [2.45, 2.75) is 11.3 Å². The van der Waals surface area contributed by atoms with Crippen LogP contribution in [0, 0.1) is 3.57 Å². The fraction of sp³-hybridized carbons (Fsp3) is 0.364. The van der Waals surface area contributed by atoms with Crippen LogP contribution in [0.25, 0.3) is 0 Å². The molecule has 0 saturated carbocycles. The number of nitrogens with one attached hydrogen (secondary N) is 1. The molecule has 0 aliphatic carbocycles. The topological polar surface area (TPSA) is 101 Å². The zero-order valence-corrected chi connectivity index (χ0v) is 14.4. The fourth-order valence-electron chi connectivity index (χ4n) is 1.40. The number of carboxylic acids is 1. The Morgan fingerprint density at radius 1 is 1.45 bits per heavy atom. The van der Waals surface area contributed by atoms with E-state index >= 15 is 0 Å². The molecule has 20 heavy (non-hydrogen) atoms. The Balaban J connectivity index is 2.85. The first kappa shape index (κ1) is 17.5. The van der Waals surface area contributed by atoms with Crippen LogP contribution in [0.2, 0.25) is 0 Å². The van der Waals surface area contributed by atoms with Gasteiger partial charge in [-0.3, -0.25) is 4.21 Å². The first-order chi connectivity index (χ1) is 9.24. The molecule has 1 aromatic carbocycles. The fourth-order valence-corrected chi connectivity index (χ4v) is 3.62. The summed E-state index contributed by atoms with van der Waals surface area (Å²) in [5, 5.41) is 8.98. The number of rotatable bonds is 7. The van der Waals surface area contributed by atoms with Gasteiger partial charge in [-0.25, -0.2) is 17.9 Å². The Hall–Kier alpha value is -0.520. The van der Waals surface area contributed by atoms with Gasteiger partial charge in [-0.2, -0.15) is 0 Å². The molecule has 0 aromatic heterocycles. The number of benzene rings is 1. The molecule has 0 amide bonds. The zero-order chi connectivity index (χ0) is 15.3. The molecule has 0 saturated heterocycles. The van der Waals surface area contributed by atoms with Gasteiger partial charge < -0.3 is 5.11 Å². The summed E-state index contributed by atoms with van der Waals surface area (Å²) in [7, 11) is -4.71. The van der Waals surface area contributed by atoms with E-state index < -0.39 is 26.8 Å². The van der Waals surface area contributed by atoms with E-state index in [0.717, 1.165) is 6.07 Å². The minimum absolute atomic E-state index is 0.0527. The highest BCUT2D eigenvalue weighted by Gasteiger charge is 2.17. The van der Waals surface area contributed by atoms with Gasteiger partial charge >= 0.3 is 5.97 Å². The highest BCUT2D eigenvalue weighted by Crippen LogP contribution is 2.18. The third-order valence-corrected chi connectivity index (χ3v) is 5.64. The first-order valence-corrected chi connectivity index (χ1v) is 9.85. The van der Waals surface area contributed by atoms with Gasteiger partial charge in [0.1, 0.15) is 0 Å². The number of halogens is 1. The molecule has 0 fully saturated rings. The van der Waals surface area contributed by atoms with Crippen molar-refractivity contribution < 1.29 is 22.5 Å². The van der Waals surface area contributed by atoms with E-state index in [2.05, 4.69) is 4.72 Å². The minimum Gasteiger partial charge on any atom is -0.478 e. The number of carboxylic acid groups (broad SMARTS) is 1. The van der Waals surface area contributed by atoms with Crippen molar-refractivity contribution in [1.82, 2.24) is 4.72 Å². The van der Waals surface area contributed by atoms with Crippen LogP contribution in [-0.2, 0) is 20.8 Å². The second-order valence-corrected chi connectivity index (χ2v) is 8.46. The van der Waals surface area contributed by atoms with Crippen LogP contribution in [0.5, 0.6) is 0 Å². The summed E-state index contributed by atoms with van der Waals surface area (Å²) in [6.07, 6.45) is 2.01. The lowest BCUT2D eigenvalue weighted by Crippen LogP contribution is -2.26. The molecule has 1 aromatic rings. The van der Waals surface area contributed by atoms with Gasteiger partial charge in [0.2, 0.25) is 10.0 Å². The lowest BCUT2D eigenvalue weighted by Gasteiger charge is -2.08. The molecule has 6 nitrogen and oxygen atoms in total. The number of aromatic carboxylic acids is 1. The van der Waals surface area contributed by atoms with E-state index in [-0.39, 0.29) is 17.0 Å². The van der Waals surface area contributed by atoms with E-state index in [9.17, 15) is 17.4 Å². The van der Waals surface area contributed by atoms with E-state index in [1.165, 1.54) is 12.1 Å². The third-order valence-electron chi connectivity index (χ3n) is 2.38. The normalized spacial score (nSPS) is 13.1. The van der Waals surface area contributed by atoms with E-state index in [1.807, 2.05) is 22.6 Å². The van der Waals surface area contributed by atoms with Gasteiger partial charge in [-0.1, -0.05) is 0 Å². The lowest BCUT2D eigenvalue weighted by molar-refractivity contribution is 0.0695. The molecule has 0 heterocycles. The Morgan fingerprint density at radius 2 is 2.10 bits per heavy atom. The molecule has 1 atom stereocenters. The molecule has 0 radical (unpaired) electrons. The lowest BCUT2D eigenvalue weighted by atomic mass is 10.2. The maximum atomic E-state index is 12.0. The molecule has 0 spiro atoms. The van der Waals surface area contributed by atoms with Crippen LogP contribution in [0.4, 0.5) is 0 Å². The molecular weight excluding hydrogens is 417 g/mol. The molecule has 1 unspecified atom stereocenters. The summed E-state index contributed by atoms with van der Waals surface area (Å²) in [5.41, 5.74) is -0.0527. The third kappa shape index (κ3) is 5.11. The van der Waals surface area contributed by atoms with Gasteiger partial charge in [0, 0.05) is 32.9 Å². The Kier molecular flexibility index (Phi) is 6.55. The van der Waals surface area contributed by atoms with Crippen molar-refractivity contribution >= 4 is 49.4 Å². The van der Waals surface area contributed by atoms with Gasteiger partial charge in [0.15, 0.2) is 0 Å². The van der Waals surface area contributed by atoms with E-state index in [4.69, 9.17) is 5.11 Å². The van der Waals surface area contributed by atoms with Crippen LogP contribution in [0.15, 0.2) is 23.1 Å². The minimum atomic E-state index is -3.75. The number of carbonyl (C=O) groups is 1. The molecule has 0 bridgehead atoms. The Morgan fingerprint density at radius 3 is 2.65 bits per heavy atom. The molecule has 0 aliphatic rings. The summed E-state index contributed by atoms with van der Waals surface area (Å²) in [6.45, 7) is 0.163. The summed E-state index contributed by atoms with van der Waals surface area (Å²) in [4.78, 5) is 10.9. The van der Waals surface area contributed by atoms with Gasteiger partial charge in [0.25, 0.3) is 0 Å². The molecule has 1 rings (SSSR count). The highest BCUT2D eigenvalue weighted by atomic mass is 127. The van der Waals surface area contributed by atoms with Crippen molar-refractivity contribution in [2.24, 2.45) is 0 Å². The van der Waals surface area contributed by atoms with E-state index in [0.29, 0.717) is 15.7 Å². The first-order valence-electron chi connectivity index (χ1n) is 5.56. The number of sulfonamides is 1. The van der Waals surface area contributed by atoms with Crippen LogP contribution >= 0.6 is 22.6 Å². The predicted molar refractivity (Wildman–Crippen MR) is 84.9 cm³/mol. The standard InChI is InChI=1S/C11H14INO5S2/c1-19(16)6-2-5-13-20(17,18)8-3-4-10(12)9(7-8)11(14)15/h3-4,7,13H,2,5-6H2,1H3,(H,14,15). The van der Waals surface area contributed by atoms with Crippen LogP contribution in [0.3, 0.4) is 0 Å². The van der Waals surface area contributed by atoms with Gasteiger partial charge in [-0.05, 0) is 47.2 Å². The zero-order valence-electron chi connectivity index (χ0n) is 10.6. The van der Waals surface area contributed by atoms with Crippen LogP contribution < -0.4 is 4.72 Å². The number of hydrogen-bond donors (Lipinski definition) is 2. The molecule has 0 aliphatic heterocycles. The molecule has 2 N–H and O–H groups in total. The van der Waals surface area contributed by atoms with Gasteiger partial charge in [-0.15, -0.1) is 0 Å². The van der Waals surface area contributed by atoms with Crippen molar-refractivity contribution in [2.75, 3.05) is 18.6 Å². The van der Waals surface area contributed by atoms with Crippen LogP contribution in [-0.4, -0.2) is 42.3 Å². The molecule has 9 heteroatoms. The average Bonchev–Trinajstić information content (AvgIpc) is 2.34. The quantitative estimate of drug-likeness (QED) is 0.497. The highest BCUT2D eigenvalue weighted by molar-refractivity contribution is 14.1. The monoisotopic (exact) mass is 431 g/mol. The second-order valence-electron chi connectivity index (χ2n) is 3.98. The largest absolute Gasteiger partial charge is 0.478 e. The Bertz CT molecular complexity index is 630. The average molecular weight is 431 g/mol. The summed E-state index contributed by atoms with van der Waals surface area (Å²) < 4.78 is 37.7. The predicted octanol–water partition coefficient (Wildman–Crippen LogP) is 1.04. The maximum Gasteiger partial charge on any atom is 0.336 e. The SMILES string of the molecule is CS(=O)CCCNS(=O)(=O)c1ccc(I)c(C(=O)O)c1. The van der Waals surface area contributed by atoms with E-state index in [1.54, 1.807) is 6.26 Å². The maximum absolute atomic E-state index is 12.0. The Labute approximate surface area is 133 Å². The number of hydrogen-bond acceptors (Lipinski definition) is 4. The van der Waals surface area contributed by atoms with Gasteiger partial charge in [0.05, 0.1) is 10.5 Å². The summed E-state index contributed by atoms with van der Waals surface area (Å²) in [6, 6.07) is 3.93. The molecular formula is C11H14INO5S2. The summed E-state index contributed by atoms with van der Waals surface area (Å²) >= 11 is 1.83. The summed E-state index contributed by atoms with van der Waals surface area (Å²) in [5.74, 6) is -0.761. The van der Waals surface area contributed by atoms with Crippen molar-refractivity contribution in [1.29, 1.82) is 0 Å². The van der Waals surface area contributed by atoms with Crippen molar-refractivity contribution in [3.63, 3.8) is 0 Å². The van der Waals surface area contributed by atoms with Crippen molar-refractivity contribution in [3.05, 3.63) is 27.3 Å². The second kappa shape index (κ2) is 7.48. The van der Waals surface area contributed by atoms with Crippen molar-refractivity contribution in [3.8, 4) is 0 Å². The molecule has 112 valence electrons.